The van der Waals surface area contributed by atoms with Gasteiger partial charge in [0.2, 0.25) is 0 Å². The number of aryl methyl sites for hydroxylation is 2. The fraction of sp³-hybridized carbons (Fsp3) is 0.500. The highest BCUT2D eigenvalue weighted by Gasteiger charge is 2.16. The number of nitrogen functional groups attached to an aromatic ring is 1. The van der Waals surface area contributed by atoms with E-state index in [1.807, 2.05) is 13.8 Å². The number of nitrogens with one attached hydrogen (secondary N) is 1. The second kappa shape index (κ2) is 6.17. The SMILES string of the molecule is CCCc1c(N)ncnc1NC(C)c1sc(C)nc1C. The van der Waals surface area contributed by atoms with Crippen molar-refractivity contribution in [2.24, 2.45) is 0 Å². The third-order valence-corrected chi connectivity index (χ3v) is 4.42. The second-order valence-corrected chi connectivity index (χ2v) is 6.12. The average molecular weight is 291 g/mol. The minimum atomic E-state index is 0.158. The number of rotatable bonds is 5. The van der Waals surface area contributed by atoms with Crippen molar-refractivity contribution in [2.75, 3.05) is 11.1 Å². The minimum Gasteiger partial charge on any atom is -0.383 e. The van der Waals surface area contributed by atoms with E-state index >= 15 is 0 Å². The molecular weight excluding hydrogens is 270 g/mol. The Morgan fingerprint density at radius 2 is 2.10 bits per heavy atom. The predicted molar refractivity (Wildman–Crippen MR) is 84.1 cm³/mol. The van der Waals surface area contributed by atoms with Crippen molar-refractivity contribution in [2.45, 2.75) is 46.6 Å². The van der Waals surface area contributed by atoms with Crippen molar-refractivity contribution >= 4 is 23.0 Å². The van der Waals surface area contributed by atoms with Gasteiger partial charge in [-0.25, -0.2) is 15.0 Å². The summed E-state index contributed by atoms with van der Waals surface area (Å²) in [5.41, 5.74) is 8.03. The van der Waals surface area contributed by atoms with Crippen LogP contribution < -0.4 is 11.1 Å². The molecule has 0 aliphatic carbocycles. The monoisotopic (exact) mass is 291 g/mol. The van der Waals surface area contributed by atoms with Crippen molar-refractivity contribution in [3.63, 3.8) is 0 Å². The molecule has 5 nitrogen and oxygen atoms in total. The lowest BCUT2D eigenvalue weighted by atomic mass is 10.1. The van der Waals surface area contributed by atoms with E-state index in [4.69, 9.17) is 5.73 Å². The molecular formula is C14H21N5S. The van der Waals surface area contributed by atoms with Gasteiger partial charge in [0.15, 0.2) is 0 Å². The Labute approximate surface area is 123 Å². The number of hydrogen-bond donors (Lipinski definition) is 2. The van der Waals surface area contributed by atoms with Crippen LogP contribution >= 0.6 is 11.3 Å². The van der Waals surface area contributed by atoms with Gasteiger partial charge in [0.05, 0.1) is 16.7 Å². The number of nitrogens with zero attached hydrogens (tertiary/aromatic N) is 3. The molecule has 0 radical (unpaired) electrons. The van der Waals surface area contributed by atoms with Gasteiger partial charge < -0.3 is 11.1 Å². The number of anilines is 2. The van der Waals surface area contributed by atoms with Crippen LogP contribution in [0.25, 0.3) is 0 Å². The summed E-state index contributed by atoms with van der Waals surface area (Å²) in [4.78, 5) is 14.1. The lowest BCUT2D eigenvalue weighted by molar-refractivity contribution is 0.852. The molecule has 0 saturated heterocycles. The molecule has 0 amide bonds. The Kier molecular flexibility index (Phi) is 4.54. The zero-order valence-electron chi connectivity index (χ0n) is 12.4. The van der Waals surface area contributed by atoms with Crippen LogP contribution in [0.2, 0.25) is 0 Å². The molecule has 20 heavy (non-hydrogen) atoms. The van der Waals surface area contributed by atoms with Gasteiger partial charge in [0.25, 0.3) is 0 Å². The Morgan fingerprint density at radius 1 is 1.35 bits per heavy atom. The Hall–Kier alpha value is -1.69. The zero-order chi connectivity index (χ0) is 14.7. The van der Waals surface area contributed by atoms with E-state index in [1.54, 1.807) is 11.3 Å². The van der Waals surface area contributed by atoms with E-state index in [0.29, 0.717) is 5.82 Å². The zero-order valence-corrected chi connectivity index (χ0v) is 13.2. The van der Waals surface area contributed by atoms with Gasteiger partial charge in [-0.05, 0) is 27.2 Å². The third-order valence-electron chi connectivity index (χ3n) is 3.16. The van der Waals surface area contributed by atoms with Crippen LogP contribution in [0.4, 0.5) is 11.6 Å². The van der Waals surface area contributed by atoms with Gasteiger partial charge in [-0.1, -0.05) is 13.3 Å². The molecule has 2 aromatic rings. The van der Waals surface area contributed by atoms with Crippen LogP contribution in [0, 0.1) is 13.8 Å². The largest absolute Gasteiger partial charge is 0.383 e. The molecule has 0 bridgehead atoms. The Morgan fingerprint density at radius 3 is 2.70 bits per heavy atom. The quantitative estimate of drug-likeness (QED) is 0.884. The molecule has 0 saturated carbocycles. The first-order valence-corrected chi connectivity index (χ1v) is 7.64. The van der Waals surface area contributed by atoms with Gasteiger partial charge >= 0.3 is 0 Å². The van der Waals surface area contributed by atoms with E-state index in [0.717, 1.165) is 34.9 Å². The number of aromatic nitrogens is 3. The fourth-order valence-corrected chi connectivity index (χ4v) is 3.20. The average Bonchev–Trinajstić information content (AvgIpc) is 2.73. The molecule has 0 spiro atoms. The first-order valence-electron chi connectivity index (χ1n) is 6.82. The molecule has 2 rings (SSSR count). The fourth-order valence-electron chi connectivity index (χ4n) is 2.27. The molecule has 0 fully saturated rings. The first-order chi connectivity index (χ1) is 9.52. The predicted octanol–water partition coefficient (Wildman–Crippen LogP) is 3.26. The van der Waals surface area contributed by atoms with E-state index in [-0.39, 0.29) is 6.04 Å². The van der Waals surface area contributed by atoms with Crippen molar-refractivity contribution in [1.82, 2.24) is 15.0 Å². The molecule has 2 heterocycles. The van der Waals surface area contributed by atoms with Crippen LogP contribution in [0.15, 0.2) is 6.33 Å². The van der Waals surface area contributed by atoms with Crippen molar-refractivity contribution in [1.29, 1.82) is 0 Å². The summed E-state index contributed by atoms with van der Waals surface area (Å²) in [6.45, 7) is 8.31. The molecule has 1 unspecified atom stereocenters. The number of hydrogen-bond acceptors (Lipinski definition) is 6. The van der Waals surface area contributed by atoms with Crippen LogP contribution in [0.3, 0.4) is 0 Å². The van der Waals surface area contributed by atoms with Gasteiger partial charge in [-0.15, -0.1) is 11.3 Å². The van der Waals surface area contributed by atoms with Gasteiger partial charge in [-0.3, -0.25) is 0 Å². The maximum Gasteiger partial charge on any atom is 0.135 e. The Bertz CT molecular complexity index is 593. The second-order valence-electron chi connectivity index (χ2n) is 4.88. The van der Waals surface area contributed by atoms with Crippen LogP contribution in [0.5, 0.6) is 0 Å². The van der Waals surface area contributed by atoms with Crippen LogP contribution in [0.1, 0.15) is 47.5 Å². The first kappa shape index (κ1) is 14.7. The van der Waals surface area contributed by atoms with Gasteiger partial charge in [0, 0.05) is 10.4 Å². The van der Waals surface area contributed by atoms with Crippen molar-refractivity contribution in [3.05, 3.63) is 27.5 Å². The van der Waals surface area contributed by atoms with Crippen molar-refractivity contribution < 1.29 is 0 Å². The lowest BCUT2D eigenvalue weighted by Crippen LogP contribution is -2.12. The summed E-state index contributed by atoms with van der Waals surface area (Å²) >= 11 is 1.72. The minimum absolute atomic E-state index is 0.158. The molecule has 3 N–H and O–H groups in total. The Balaban J connectivity index is 2.25. The standard InChI is InChI=1S/C14H21N5S/c1-5-6-11-13(15)16-7-17-14(11)19-9(3)12-8(2)18-10(4)20-12/h7,9H,5-6H2,1-4H3,(H3,15,16,17,19). The van der Waals surface area contributed by atoms with Crippen molar-refractivity contribution in [3.8, 4) is 0 Å². The maximum atomic E-state index is 5.96. The molecule has 0 aromatic carbocycles. The maximum absolute atomic E-state index is 5.96. The van der Waals surface area contributed by atoms with E-state index < -0.39 is 0 Å². The van der Waals surface area contributed by atoms with Gasteiger partial charge in [0.1, 0.15) is 18.0 Å². The number of thiazole rings is 1. The van der Waals surface area contributed by atoms with Gasteiger partial charge in [-0.2, -0.15) is 0 Å². The smallest absolute Gasteiger partial charge is 0.135 e. The van der Waals surface area contributed by atoms with E-state index in [1.165, 1.54) is 11.2 Å². The van der Waals surface area contributed by atoms with E-state index in [2.05, 4.69) is 34.1 Å². The summed E-state index contributed by atoms with van der Waals surface area (Å²) in [6.07, 6.45) is 3.40. The summed E-state index contributed by atoms with van der Waals surface area (Å²) in [5, 5.41) is 4.53. The van der Waals surface area contributed by atoms with Crippen LogP contribution in [-0.4, -0.2) is 15.0 Å². The highest BCUT2D eigenvalue weighted by molar-refractivity contribution is 7.11. The summed E-state index contributed by atoms with van der Waals surface area (Å²) in [5.74, 6) is 1.39. The van der Waals surface area contributed by atoms with E-state index in [9.17, 15) is 0 Å². The third kappa shape index (κ3) is 3.07. The molecule has 108 valence electrons. The van der Waals surface area contributed by atoms with Crippen LogP contribution in [-0.2, 0) is 6.42 Å². The highest BCUT2D eigenvalue weighted by Crippen LogP contribution is 2.29. The topological polar surface area (TPSA) is 76.7 Å². The summed E-state index contributed by atoms with van der Waals surface area (Å²) < 4.78 is 0. The molecule has 0 aliphatic rings. The molecule has 2 aromatic heterocycles. The molecule has 1 atom stereocenters. The lowest BCUT2D eigenvalue weighted by Gasteiger charge is -2.17. The molecule has 0 aliphatic heterocycles. The summed E-state index contributed by atoms with van der Waals surface area (Å²) in [6, 6.07) is 0.158. The normalized spacial score (nSPS) is 12.4. The molecule has 6 heteroatoms. The summed E-state index contributed by atoms with van der Waals surface area (Å²) in [7, 11) is 0. The number of nitrogens with two attached hydrogens (primary N) is 1. The highest BCUT2D eigenvalue weighted by atomic mass is 32.1.